The molecule has 0 bridgehead atoms. The van der Waals surface area contributed by atoms with E-state index in [0.717, 1.165) is 15.4 Å². The molecule has 2 amide bonds. The standard InChI is InChI=1S/C30H36ClN3O5S/c1-5-26(30(36)32-6-2)33(20-23-12-10-11-22(4)19-23)29(35)21-34(27-13-8-9-14-28(27)39-7-3)40(37,38)25-17-15-24(31)16-18-25/h8-19,26H,5-7,20-21H2,1-4H3,(H,32,36)/t26-/m1/s1. The quantitative estimate of drug-likeness (QED) is 0.298. The number of halogens is 1. The summed E-state index contributed by atoms with van der Waals surface area (Å²) in [6, 6.07) is 19.3. The Kier molecular flexibility index (Phi) is 11.0. The summed E-state index contributed by atoms with van der Waals surface area (Å²) in [5.41, 5.74) is 2.06. The van der Waals surface area contributed by atoms with E-state index in [1.807, 2.05) is 45.0 Å². The molecule has 1 N–H and O–H groups in total. The first kappa shape index (κ1) is 31.0. The third kappa shape index (κ3) is 7.55. The number of sulfonamides is 1. The normalized spacial score (nSPS) is 11.9. The molecule has 0 fully saturated rings. The number of benzene rings is 3. The zero-order valence-corrected chi connectivity index (χ0v) is 24.8. The number of hydrogen-bond donors (Lipinski definition) is 1. The molecule has 0 unspecified atom stereocenters. The summed E-state index contributed by atoms with van der Waals surface area (Å²) in [5, 5.41) is 3.19. The van der Waals surface area contributed by atoms with E-state index >= 15 is 0 Å². The molecule has 0 aliphatic carbocycles. The number of hydrogen-bond acceptors (Lipinski definition) is 5. The van der Waals surface area contributed by atoms with Gasteiger partial charge in [-0.15, -0.1) is 0 Å². The van der Waals surface area contributed by atoms with Gasteiger partial charge in [-0.3, -0.25) is 13.9 Å². The van der Waals surface area contributed by atoms with E-state index in [1.54, 1.807) is 31.2 Å². The summed E-state index contributed by atoms with van der Waals surface area (Å²) in [5.74, 6) is -0.507. The summed E-state index contributed by atoms with van der Waals surface area (Å²) in [7, 11) is -4.24. The Labute approximate surface area is 241 Å². The Morgan fingerprint density at radius 3 is 2.30 bits per heavy atom. The van der Waals surface area contributed by atoms with Gasteiger partial charge in [-0.25, -0.2) is 8.42 Å². The van der Waals surface area contributed by atoms with Gasteiger partial charge in [0.2, 0.25) is 11.8 Å². The van der Waals surface area contributed by atoms with Crippen LogP contribution in [-0.4, -0.2) is 50.9 Å². The second kappa shape index (κ2) is 14.2. The Morgan fingerprint density at radius 2 is 1.68 bits per heavy atom. The fourth-order valence-electron chi connectivity index (χ4n) is 4.41. The van der Waals surface area contributed by atoms with Crippen molar-refractivity contribution in [1.82, 2.24) is 10.2 Å². The molecule has 214 valence electrons. The SMILES string of the molecule is CCNC(=O)[C@@H](CC)N(Cc1cccc(C)c1)C(=O)CN(c1ccccc1OCC)S(=O)(=O)c1ccc(Cl)cc1. The number of nitrogens with one attached hydrogen (secondary N) is 1. The van der Waals surface area contributed by atoms with Gasteiger partial charge < -0.3 is 15.0 Å². The highest BCUT2D eigenvalue weighted by Crippen LogP contribution is 2.33. The first-order valence-electron chi connectivity index (χ1n) is 13.2. The Hall–Kier alpha value is -3.56. The molecule has 0 spiro atoms. The molecule has 10 heteroatoms. The van der Waals surface area contributed by atoms with Crippen molar-refractivity contribution in [2.75, 3.05) is 24.0 Å². The second-order valence-corrected chi connectivity index (χ2v) is 11.5. The van der Waals surface area contributed by atoms with Crippen LogP contribution >= 0.6 is 11.6 Å². The molecule has 0 aromatic heterocycles. The van der Waals surface area contributed by atoms with Crippen molar-refractivity contribution >= 4 is 39.1 Å². The summed E-state index contributed by atoms with van der Waals surface area (Å²) in [6.45, 7) is 7.67. The smallest absolute Gasteiger partial charge is 0.264 e. The van der Waals surface area contributed by atoms with Crippen molar-refractivity contribution in [1.29, 1.82) is 0 Å². The largest absolute Gasteiger partial charge is 0.492 e. The van der Waals surface area contributed by atoms with E-state index in [-0.39, 0.29) is 23.0 Å². The number of likely N-dealkylation sites (N-methyl/N-ethyl adjacent to an activating group) is 1. The van der Waals surface area contributed by atoms with Crippen molar-refractivity contribution in [3.8, 4) is 5.75 Å². The number of ether oxygens (including phenoxy) is 1. The van der Waals surface area contributed by atoms with Gasteiger partial charge in [0.15, 0.2) is 0 Å². The molecule has 8 nitrogen and oxygen atoms in total. The number of para-hydroxylation sites is 2. The lowest BCUT2D eigenvalue weighted by Gasteiger charge is -2.33. The maximum absolute atomic E-state index is 14.1. The number of anilines is 1. The molecule has 3 rings (SSSR count). The van der Waals surface area contributed by atoms with E-state index < -0.39 is 28.5 Å². The predicted octanol–water partition coefficient (Wildman–Crippen LogP) is 5.19. The predicted molar refractivity (Wildman–Crippen MR) is 158 cm³/mol. The number of nitrogens with zero attached hydrogens (tertiary/aromatic N) is 2. The van der Waals surface area contributed by atoms with Crippen LogP contribution in [-0.2, 0) is 26.2 Å². The van der Waals surface area contributed by atoms with Gasteiger partial charge in [0, 0.05) is 18.1 Å². The highest BCUT2D eigenvalue weighted by Gasteiger charge is 2.34. The molecule has 0 saturated carbocycles. The van der Waals surface area contributed by atoms with Gasteiger partial charge in [0.05, 0.1) is 17.2 Å². The molecule has 1 atom stereocenters. The van der Waals surface area contributed by atoms with Gasteiger partial charge in [-0.05, 0) is 69.2 Å². The lowest BCUT2D eigenvalue weighted by atomic mass is 10.1. The zero-order valence-electron chi connectivity index (χ0n) is 23.3. The highest BCUT2D eigenvalue weighted by atomic mass is 35.5. The van der Waals surface area contributed by atoms with Crippen LogP contribution in [0.25, 0.3) is 0 Å². The van der Waals surface area contributed by atoms with Gasteiger partial charge in [-0.2, -0.15) is 0 Å². The summed E-state index contributed by atoms with van der Waals surface area (Å²) >= 11 is 6.02. The highest BCUT2D eigenvalue weighted by molar-refractivity contribution is 7.92. The topological polar surface area (TPSA) is 96.0 Å². The number of rotatable bonds is 13. The number of amides is 2. The van der Waals surface area contributed by atoms with Crippen LogP contribution in [0.1, 0.15) is 38.3 Å². The monoisotopic (exact) mass is 585 g/mol. The van der Waals surface area contributed by atoms with Crippen molar-refractivity contribution < 1.29 is 22.7 Å². The first-order chi connectivity index (χ1) is 19.1. The van der Waals surface area contributed by atoms with Crippen LogP contribution in [0.5, 0.6) is 5.75 Å². The second-order valence-electron chi connectivity index (χ2n) is 9.20. The van der Waals surface area contributed by atoms with E-state index in [9.17, 15) is 18.0 Å². The van der Waals surface area contributed by atoms with Gasteiger partial charge >= 0.3 is 0 Å². The van der Waals surface area contributed by atoms with Crippen LogP contribution in [0.2, 0.25) is 5.02 Å². The Bertz CT molecular complexity index is 1410. The molecular weight excluding hydrogens is 550 g/mol. The van der Waals surface area contributed by atoms with Crippen molar-refractivity contribution in [3.63, 3.8) is 0 Å². The average molecular weight is 586 g/mol. The summed E-state index contributed by atoms with van der Waals surface area (Å²) in [6.07, 6.45) is 0.350. The van der Waals surface area contributed by atoms with E-state index in [1.165, 1.54) is 29.2 Å². The third-order valence-corrected chi connectivity index (χ3v) is 8.31. The lowest BCUT2D eigenvalue weighted by Crippen LogP contribution is -2.52. The zero-order chi connectivity index (χ0) is 29.3. The van der Waals surface area contributed by atoms with Crippen LogP contribution in [0, 0.1) is 6.92 Å². The maximum atomic E-state index is 14.1. The van der Waals surface area contributed by atoms with Gasteiger partial charge in [0.1, 0.15) is 18.3 Å². The Morgan fingerprint density at radius 1 is 0.975 bits per heavy atom. The summed E-state index contributed by atoms with van der Waals surface area (Å²) < 4.78 is 34.8. The average Bonchev–Trinajstić information content (AvgIpc) is 2.92. The van der Waals surface area contributed by atoms with Crippen molar-refractivity contribution in [3.05, 3.63) is 88.9 Å². The van der Waals surface area contributed by atoms with E-state index in [2.05, 4.69) is 5.32 Å². The molecular formula is C30H36ClN3O5S. The number of carbonyl (C=O) groups is 2. The minimum atomic E-state index is -4.24. The minimum Gasteiger partial charge on any atom is -0.492 e. The maximum Gasteiger partial charge on any atom is 0.264 e. The molecule has 3 aromatic rings. The number of aryl methyl sites for hydroxylation is 1. The lowest BCUT2D eigenvalue weighted by molar-refractivity contribution is -0.140. The number of carbonyl (C=O) groups excluding carboxylic acids is 2. The molecule has 40 heavy (non-hydrogen) atoms. The fraction of sp³-hybridized carbons (Fsp3) is 0.333. The van der Waals surface area contributed by atoms with Crippen LogP contribution < -0.4 is 14.4 Å². The minimum absolute atomic E-state index is 0.0306. The molecule has 0 saturated heterocycles. The van der Waals surface area contributed by atoms with Crippen LogP contribution in [0.3, 0.4) is 0 Å². The Balaban J connectivity index is 2.11. The van der Waals surface area contributed by atoms with Crippen molar-refractivity contribution in [2.24, 2.45) is 0 Å². The molecule has 0 radical (unpaired) electrons. The molecule has 0 heterocycles. The van der Waals surface area contributed by atoms with E-state index in [4.69, 9.17) is 16.3 Å². The van der Waals surface area contributed by atoms with E-state index in [0.29, 0.717) is 30.3 Å². The van der Waals surface area contributed by atoms with Crippen molar-refractivity contribution in [2.45, 2.75) is 51.6 Å². The molecule has 3 aromatic carbocycles. The van der Waals surface area contributed by atoms with Gasteiger partial charge in [0.25, 0.3) is 10.0 Å². The van der Waals surface area contributed by atoms with Gasteiger partial charge in [-0.1, -0.05) is 60.5 Å². The van der Waals surface area contributed by atoms with Crippen LogP contribution in [0.15, 0.2) is 77.7 Å². The molecule has 0 aliphatic heterocycles. The van der Waals surface area contributed by atoms with Crippen LogP contribution in [0.4, 0.5) is 5.69 Å². The fourth-order valence-corrected chi connectivity index (χ4v) is 5.96. The summed E-state index contributed by atoms with van der Waals surface area (Å²) in [4.78, 5) is 28.6. The molecule has 0 aliphatic rings. The first-order valence-corrected chi connectivity index (χ1v) is 15.1. The third-order valence-electron chi connectivity index (χ3n) is 6.29.